The standard InChI is InChI=1S/C23H23F4N5O4S2/c1-31(16-7-9-32(10-8-16)22(33)36-12-15-5-3-2-4-6-15)17-11-28-21(20(24)19(17)23(25,26)27)38(34,35)30-18-13-37-14-29-18/h2-6,11,13-14,16,30H,7-10,12H2,1H3. The number of hydrogen-bond acceptors (Lipinski definition) is 8. The first-order valence-electron chi connectivity index (χ1n) is 11.3. The Balaban J connectivity index is 1.48. The Morgan fingerprint density at radius 3 is 2.50 bits per heavy atom. The van der Waals surface area contributed by atoms with Crippen LogP contribution in [0.15, 0.2) is 52.4 Å². The summed E-state index contributed by atoms with van der Waals surface area (Å²) < 4.78 is 89.4. The first kappa shape index (κ1) is 27.6. The first-order valence-corrected chi connectivity index (χ1v) is 13.7. The van der Waals surface area contributed by atoms with Crippen molar-refractivity contribution in [3.63, 3.8) is 0 Å². The summed E-state index contributed by atoms with van der Waals surface area (Å²) in [5.41, 5.74) is -0.224. The van der Waals surface area contributed by atoms with Gasteiger partial charge in [0.2, 0.25) is 5.03 Å². The summed E-state index contributed by atoms with van der Waals surface area (Å²) in [6.45, 7) is 0.514. The minimum Gasteiger partial charge on any atom is -0.445 e. The van der Waals surface area contributed by atoms with Crippen molar-refractivity contribution < 1.29 is 35.5 Å². The number of halogens is 4. The summed E-state index contributed by atoms with van der Waals surface area (Å²) in [4.78, 5) is 22.3. The molecule has 1 aliphatic rings. The van der Waals surface area contributed by atoms with Crippen LogP contribution in [0.4, 0.5) is 33.9 Å². The van der Waals surface area contributed by atoms with E-state index in [2.05, 4.69) is 9.97 Å². The van der Waals surface area contributed by atoms with Gasteiger partial charge in [0.05, 0.1) is 17.4 Å². The van der Waals surface area contributed by atoms with Crippen LogP contribution >= 0.6 is 11.3 Å². The summed E-state index contributed by atoms with van der Waals surface area (Å²) in [5.74, 6) is -2.17. The fourth-order valence-electron chi connectivity index (χ4n) is 4.08. The highest BCUT2D eigenvalue weighted by atomic mass is 32.2. The van der Waals surface area contributed by atoms with Gasteiger partial charge in [-0.05, 0) is 18.4 Å². The number of amides is 1. The second kappa shape index (κ2) is 11.1. The zero-order chi connectivity index (χ0) is 27.5. The van der Waals surface area contributed by atoms with Crippen LogP contribution in [0.3, 0.4) is 0 Å². The van der Waals surface area contributed by atoms with Gasteiger partial charge >= 0.3 is 12.3 Å². The second-order valence-corrected chi connectivity index (χ2v) is 10.8. The number of likely N-dealkylation sites (tertiary alicyclic amines) is 1. The Hall–Kier alpha value is -3.46. The lowest BCUT2D eigenvalue weighted by atomic mass is 10.0. The Labute approximate surface area is 220 Å². The van der Waals surface area contributed by atoms with Crippen molar-refractivity contribution >= 4 is 39.0 Å². The van der Waals surface area contributed by atoms with Crippen LogP contribution in [0.25, 0.3) is 0 Å². The molecule has 1 saturated heterocycles. The van der Waals surface area contributed by atoms with Crippen LogP contribution in [0.2, 0.25) is 0 Å². The molecule has 4 rings (SSSR count). The van der Waals surface area contributed by atoms with Crippen molar-refractivity contribution in [3.8, 4) is 0 Å². The Kier molecular flexibility index (Phi) is 8.06. The summed E-state index contributed by atoms with van der Waals surface area (Å²) >= 11 is 1.04. The number of carbonyl (C=O) groups is 1. The summed E-state index contributed by atoms with van der Waals surface area (Å²) in [5, 5.41) is -0.0857. The first-order chi connectivity index (χ1) is 18.0. The smallest absolute Gasteiger partial charge is 0.421 e. The number of rotatable bonds is 7. The Morgan fingerprint density at radius 1 is 1.21 bits per heavy atom. The average Bonchev–Trinajstić information content (AvgIpc) is 3.38. The summed E-state index contributed by atoms with van der Waals surface area (Å²) in [6, 6.07) is 8.60. The normalized spacial score (nSPS) is 14.8. The van der Waals surface area contributed by atoms with Crippen LogP contribution in [0, 0.1) is 5.82 Å². The van der Waals surface area contributed by atoms with Crippen LogP contribution in [0.1, 0.15) is 24.0 Å². The molecule has 9 nitrogen and oxygen atoms in total. The quantitative estimate of drug-likeness (QED) is 0.408. The molecule has 0 unspecified atom stereocenters. The van der Waals surface area contributed by atoms with Gasteiger partial charge in [0, 0.05) is 31.6 Å². The van der Waals surface area contributed by atoms with Crippen LogP contribution in [-0.4, -0.2) is 55.6 Å². The molecule has 204 valence electrons. The highest BCUT2D eigenvalue weighted by Crippen LogP contribution is 2.41. The molecule has 3 heterocycles. The van der Waals surface area contributed by atoms with Crippen molar-refractivity contribution in [1.29, 1.82) is 0 Å². The number of nitrogens with one attached hydrogen (secondary N) is 1. The Morgan fingerprint density at radius 2 is 1.89 bits per heavy atom. The van der Waals surface area contributed by atoms with Crippen molar-refractivity contribution in [3.05, 3.63) is 64.4 Å². The number of ether oxygens (including phenoxy) is 1. The molecule has 3 aromatic rings. The minimum absolute atomic E-state index is 0.0893. The number of aromatic nitrogens is 2. The SMILES string of the molecule is CN(c1cnc(S(=O)(=O)Nc2cscn2)c(F)c1C(F)(F)F)C1CCN(C(=O)OCc2ccccc2)CC1. The fraction of sp³-hybridized carbons (Fsp3) is 0.348. The van der Waals surface area contributed by atoms with Gasteiger partial charge in [-0.25, -0.2) is 19.2 Å². The number of pyridine rings is 1. The molecule has 1 N–H and O–H groups in total. The average molecular weight is 574 g/mol. The maximum absolute atomic E-state index is 15.2. The van der Waals surface area contributed by atoms with Gasteiger partial charge in [0.15, 0.2) is 11.6 Å². The van der Waals surface area contributed by atoms with Crippen molar-refractivity contribution in [1.82, 2.24) is 14.9 Å². The number of sulfonamides is 1. The molecule has 0 radical (unpaired) electrons. The zero-order valence-electron chi connectivity index (χ0n) is 20.0. The summed E-state index contributed by atoms with van der Waals surface area (Å²) in [7, 11) is -3.43. The number of alkyl halides is 3. The third-order valence-corrected chi connectivity index (χ3v) is 7.89. The molecule has 0 atom stereocenters. The van der Waals surface area contributed by atoms with Gasteiger partial charge in [-0.2, -0.15) is 21.6 Å². The molecule has 0 bridgehead atoms. The molecule has 0 aliphatic carbocycles. The van der Waals surface area contributed by atoms with Gasteiger partial charge in [-0.15, -0.1) is 11.3 Å². The largest absolute Gasteiger partial charge is 0.445 e. The van der Waals surface area contributed by atoms with Crippen LogP contribution < -0.4 is 9.62 Å². The molecular formula is C23H23F4N5O4S2. The number of piperidine rings is 1. The van der Waals surface area contributed by atoms with E-state index in [1.807, 2.05) is 35.1 Å². The molecule has 0 saturated carbocycles. The van der Waals surface area contributed by atoms with Gasteiger partial charge in [-0.1, -0.05) is 30.3 Å². The van der Waals surface area contributed by atoms with E-state index >= 15 is 4.39 Å². The highest BCUT2D eigenvalue weighted by molar-refractivity contribution is 7.92. The van der Waals surface area contributed by atoms with Gasteiger partial charge in [0.1, 0.15) is 12.2 Å². The third-order valence-electron chi connectivity index (χ3n) is 6.03. The number of thiazole rings is 1. The predicted octanol–water partition coefficient (Wildman–Crippen LogP) is 4.73. The van der Waals surface area contributed by atoms with E-state index in [0.29, 0.717) is 6.20 Å². The lowest BCUT2D eigenvalue weighted by Gasteiger charge is -2.38. The maximum Gasteiger partial charge on any atom is 0.421 e. The van der Waals surface area contributed by atoms with E-state index in [1.165, 1.54) is 27.7 Å². The van der Waals surface area contributed by atoms with E-state index in [9.17, 15) is 26.4 Å². The zero-order valence-corrected chi connectivity index (χ0v) is 21.6. The fourth-order valence-corrected chi connectivity index (χ4v) is 5.65. The minimum atomic E-state index is -5.20. The monoisotopic (exact) mass is 573 g/mol. The molecule has 1 fully saturated rings. The van der Waals surface area contributed by atoms with Crippen molar-refractivity contribution in [2.75, 3.05) is 29.8 Å². The van der Waals surface area contributed by atoms with E-state index in [-0.39, 0.29) is 38.4 Å². The number of carbonyl (C=O) groups excluding carboxylic acids is 1. The molecule has 15 heteroatoms. The van der Waals surface area contributed by atoms with Crippen molar-refractivity contribution in [2.45, 2.75) is 36.7 Å². The number of anilines is 2. The number of nitrogens with zero attached hydrogens (tertiary/aromatic N) is 4. The maximum atomic E-state index is 15.2. The van der Waals surface area contributed by atoms with Gasteiger partial charge in [0.25, 0.3) is 10.0 Å². The lowest BCUT2D eigenvalue weighted by molar-refractivity contribution is -0.139. The van der Waals surface area contributed by atoms with Gasteiger partial charge < -0.3 is 14.5 Å². The second-order valence-electron chi connectivity index (χ2n) is 8.48. The molecule has 1 aromatic carbocycles. The predicted molar refractivity (Wildman–Crippen MR) is 132 cm³/mol. The molecule has 2 aromatic heterocycles. The molecule has 38 heavy (non-hydrogen) atoms. The van der Waals surface area contributed by atoms with Crippen LogP contribution in [-0.2, 0) is 27.5 Å². The Bertz CT molecular complexity index is 1360. The third kappa shape index (κ3) is 6.15. The number of hydrogen-bond donors (Lipinski definition) is 1. The topological polar surface area (TPSA) is 105 Å². The van der Waals surface area contributed by atoms with Gasteiger partial charge in [-0.3, -0.25) is 4.72 Å². The molecule has 1 aliphatic heterocycles. The molecular weight excluding hydrogens is 550 g/mol. The lowest BCUT2D eigenvalue weighted by Crippen LogP contribution is -2.46. The van der Waals surface area contributed by atoms with E-state index in [4.69, 9.17) is 4.74 Å². The van der Waals surface area contributed by atoms with Crippen molar-refractivity contribution in [2.24, 2.45) is 0 Å². The summed E-state index contributed by atoms with van der Waals surface area (Å²) in [6.07, 6.45) is -4.49. The highest BCUT2D eigenvalue weighted by Gasteiger charge is 2.42. The van der Waals surface area contributed by atoms with E-state index < -0.39 is 50.4 Å². The molecule has 1 amide bonds. The van der Waals surface area contributed by atoms with E-state index in [0.717, 1.165) is 16.9 Å². The molecule has 0 spiro atoms. The number of benzene rings is 1. The van der Waals surface area contributed by atoms with E-state index in [1.54, 1.807) is 0 Å². The van der Waals surface area contributed by atoms with Crippen LogP contribution in [0.5, 0.6) is 0 Å².